The van der Waals surface area contributed by atoms with Gasteiger partial charge >= 0.3 is 0 Å². The van der Waals surface area contributed by atoms with Crippen LogP contribution >= 0.6 is 0 Å². The number of nitrogens with zero attached hydrogens (tertiary/aromatic N) is 3. The third-order valence-electron chi connectivity index (χ3n) is 3.81. The minimum Gasteiger partial charge on any atom is -0.397 e. The molecule has 0 unspecified atom stereocenters. The molecule has 1 aliphatic rings. The maximum absolute atomic E-state index is 6.08. The Morgan fingerprint density at radius 1 is 1.25 bits per heavy atom. The van der Waals surface area contributed by atoms with Gasteiger partial charge < -0.3 is 10.3 Å². The molecule has 20 heavy (non-hydrogen) atoms. The Labute approximate surface area is 117 Å². The molecule has 0 atom stereocenters. The van der Waals surface area contributed by atoms with E-state index in [0.29, 0.717) is 11.7 Å². The number of nitrogens with two attached hydrogens (primary N) is 1. The van der Waals surface area contributed by atoms with Gasteiger partial charge in [0, 0.05) is 12.2 Å². The smallest absolute Gasteiger partial charge is 0.162 e. The summed E-state index contributed by atoms with van der Waals surface area (Å²) in [5.41, 5.74) is 11.0. The van der Waals surface area contributed by atoms with Crippen LogP contribution in [0.3, 0.4) is 0 Å². The van der Waals surface area contributed by atoms with Crippen LogP contribution in [-0.2, 0) is 0 Å². The molecule has 0 radical (unpaired) electrons. The van der Waals surface area contributed by atoms with Gasteiger partial charge in [-0.3, -0.25) is 4.98 Å². The molecule has 2 N–H and O–H groups in total. The first kappa shape index (κ1) is 11.5. The molecule has 4 rings (SSSR count). The van der Waals surface area contributed by atoms with E-state index in [0.717, 1.165) is 17.0 Å². The molecule has 4 nitrogen and oxygen atoms in total. The number of rotatable bonds is 2. The first-order valence-electron chi connectivity index (χ1n) is 6.93. The number of imidazole rings is 1. The Kier molecular flexibility index (Phi) is 2.33. The molecule has 0 amide bonds. The lowest BCUT2D eigenvalue weighted by atomic mass is 10.2. The second-order valence-electron chi connectivity index (χ2n) is 5.47. The van der Waals surface area contributed by atoms with E-state index in [9.17, 15) is 0 Å². The zero-order valence-electron chi connectivity index (χ0n) is 11.4. The lowest BCUT2D eigenvalue weighted by Crippen LogP contribution is -2.01. The van der Waals surface area contributed by atoms with E-state index in [1.54, 1.807) is 6.20 Å². The van der Waals surface area contributed by atoms with E-state index in [4.69, 9.17) is 10.7 Å². The minimum absolute atomic E-state index is 0.541. The van der Waals surface area contributed by atoms with Gasteiger partial charge in [0.15, 0.2) is 5.82 Å². The van der Waals surface area contributed by atoms with Crippen LogP contribution in [0.2, 0.25) is 0 Å². The normalized spacial score (nSPS) is 14.8. The van der Waals surface area contributed by atoms with Crippen molar-refractivity contribution in [3.05, 3.63) is 42.1 Å². The number of hydrogen-bond donors (Lipinski definition) is 1. The van der Waals surface area contributed by atoms with Crippen LogP contribution in [0.15, 0.2) is 36.5 Å². The molecule has 0 spiro atoms. The van der Waals surface area contributed by atoms with Crippen molar-refractivity contribution in [2.45, 2.75) is 25.8 Å². The maximum Gasteiger partial charge on any atom is 0.162 e. The summed E-state index contributed by atoms with van der Waals surface area (Å²) in [5.74, 6) is 0.895. The Morgan fingerprint density at radius 2 is 2.10 bits per heavy atom. The number of fused-ring (bicyclic) bond motifs is 1. The molecule has 100 valence electrons. The highest BCUT2D eigenvalue weighted by atomic mass is 15.1. The maximum atomic E-state index is 6.08. The fourth-order valence-electron chi connectivity index (χ4n) is 2.68. The summed E-state index contributed by atoms with van der Waals surface area (Å²) < 4.78 is 2.30. The van der Waals surface area contributed by atoms with Gasteiger partial charge in [0.2, 0.25) is 0 Å². The van der Waals surface area contributed by atoms with Gasteiger partial charge in [-0.15, -0.1) is 0 Å². The first-order valence-corrected chi connectivity index (χ1v) is 6.93. The molecule has 0 aliphatic heterocycles. The molecule has 1 aromatic carbocycles. The van der Waals surface area contributed by atoms with Crippen molar-refractivity contribution in [3.63, 3.8) is 0 Å². The van der Waals surface area contributed by atoms with E-state index in [1.807, 2.05) is 12.1 Å². The fourth-order valence-corrected chi connectivity index (χ4v) is 2.68. The monoisotopic (exact) mass is 264 g/mol. The van der Waals surface area contributed by atoms with Gasteiger partial charge in [-0.05, 0) is 49.6 Å². The van der Waals surface area contributed by atoms with Crippen molar-refractivity contribution in [3.8, 4) is 11.5 Å². The molecule has 1 saturated carbocycles. The number of pyridine rings is 1. The van der Waals surface area contributed by atoms with Gasteiger partial charge in [0.25, 0.3) is 0 Å². The number of aryl methyl sites for hydroxylation is 1. The van der Waals surface area contributed by atoms with Crippen LogP contribution in [0.4, 0.5) is 5.69 Å². The van der Waals surface area contributed by atoms with E-state index in [-0.39, 0.29) is 0 Å². The Bertz CT molecular complexity index is 799. The predicted octanol–water partition coefficient (Wildman–Crippen LogP) is 3.32. The third-order valence-corrected chi connectivity index (χ3v) is 3.81. The van der Waals surface area contributed by atoms with Crippen molar-refractivity contribution >= 4 is 16.7 Å². The number of anilines is 1. The van der Waals surface area contributed by atoms with Crippen molar-refractivity contribution in [1.82, 2.24) is 14.5 Å². The van der Waals surface area contributed by atoms with Gasteiger partial charge in [-0.1, -0.05) is 6.07 Å². The van der Waals surface area contributed by atoms with Gasteiger partial charge in [0.05, 0.1) is 16.7 Å². The van der Waals surface area contributed by atoms with Crippen LogP contribution in [0.25, 0.3) is 22.6 Å². The Balaban J connectivity index is 2.03. The van der Waals surface area contributed by atoms with Crippen molar-refractivity contribution in [2.24, 2.45) is 0 Å². The summed E-state index contributed by atoms with van der Waals surface area (Å²) in [6.45, 7) is 2.09. The Hall–Kier alpha value is -2.36. The summed E-state index contributed by atoms with van der Waals surface area (Å²) in [4.78, 5) is 9.22. The zero-order valence-corrected chi connectivity index (χ0v) is 11.4. The summed E-state index contributed by atoms with van der Waals surface area (Å²) in [5, 5.41) is 0. The van der Waals surface area contributed by atoms with Crippen LogP contribution < -0.4 is 5.73 Å². The topological polar surface area (TPSA) is 56.7 Å². The van der Waals surface area contributed by atoms with E-state index >= 15 is 0 Å². The van der Waals surface area contributed by atoms with Crippen molar-refractivity contribution in [2.75, 3.05) is 5.73 Å². The highest BCUT2D eigenvalue weighted by Gasteiger charge is 2.29. The lowest BCUT2D eigenvalue weighted by molar-refractivity contribution is 0.772. The molecule has 2 aromatic heterocycles. The number of nitrogen functional groups attached to an aromatic ring is 1. The molecule has 4 heteroatoms. The fraction of sp³-hybridized carbons (Fsp3) is 0.250. The highest BCUT2D eigenvalue weighted by Crippen LogP contribution is 2.41. The second-order valence-corrected chi connectivity index (χ2v) is 5.47. The molecule has 0 saturated heterocycles. The van der Waals surface area contributed by atoms with E-state index in [1.165, 1.54) is 23.9 Å². The Morgan fingerprint density at radius 3 is 2.85 bits per heavy atom. The van der Waals surface area contributed by atoms with Crippen LogP contribution in [0.1, 0.15) is 24.4 Å². The van der Waals surface area contributed by atoms with Crippen molar-refractivity contribution < 1.29 is 0 Å². The van der Waals surface area contributed by atoms with Crippen LogP contribution in [0, 0.1) is 6.92 Å². The number of benzene rings is 1. The largest absolute Gasteiger partial charge is 0.397 e. The summed E-state index contributed by atoms with van der Waals surface area (Å²) in [6, 6.07) is 10.7. The molecular formula is C16H16N4. The quantitative estimate of drug-likeness (QED) is 0.772. The SMILES string of the molecule is Cc1ccc2c(c1)nc(-c1ncccc1N)n2C1CC1. The molecule has 1 fully saturated rings. The summed E-state index contributed by atoms with van der Waals surface area (Å²) in [6.07, 6.45) is 4.19. The lowest BCUT2D eigenvalue weighted by Gasteiger charge is -2.08. The van der Waals surface area contributed by atoms with Gasteiger partial charge in [-0.25, -0.2) is 4.98 Å². The van der Waals surface area contributed by atoms with Crippen LogP contribution in [0.5, 0.6) is 0 Å². The number of hydrogen-bond acceptors (Lipinski definition) is 3. The highest BCUT2D eigenvalue weighted by molar-refractivity contribution is 5.83. The molecular weight excluding hydrogens is 248 g/mol. The molecule has 3 aromatic rings. The first-order chi connectivity index (χ1) is 9.74. The standard InChI is InChI=1S/C16H16N4/c1-10-4-7-14-13(9-10)19-16(20(14)11-5-6-11)15-12(17)3-2-8-18-15/h2-4,7-9,11H,5-6,17H2,1H3. The number of aromatic nitrogens is 3. The summed E-state index contributed by atoms with van der Waals surface area (Å²) >= 11 is 0. The van der Waals surface area contributed by atoms with Gasteiger partial charge in [-0.2, -0.15) is 0 Å². The average molecular weight is 264 g/mol. The van der Waals surface area contributed by atoms with Gasteiger partial charge in [0.1, 0.15) is 5.69 Å². The average Bonchev–Trinajstić information content (AvgIpc) is 3.20. The van der Waals surface area contributed by atoms with Crippen LogP contribution in [-0.4, -0.2) is 14.5 Å². The molecule has 1 aliphatic carbocycles. The van der Waals surface area contributed by atoms with E-state index < -0.39 is 0 Å². The predicted molar refractivity (Wildman–Crippen MR) is 80.4 cm³/mol. The molecule has 2 heterocycles. The van der Waals surface area contributed by atoms with Crippen molar-refractivity contribution in [1.29, 1.82) is 0 Å². The van der Waals surface area contributed by atoms with E-state index in [2.05, 4.69) is 34.7 Å². The second kappa shape index (κ2) is 4.07. The minimum atomic E-state index is 0.541. The third kappa shape index (κ3) is 1.68. The summed E-state index contributed by atoms with van der Waals surface area (Å²) in [7, 11) is 0. The molecule has 0 bridgehead atoms. The zero-order chi connectivity index (χ0) is 13.7.